The fourth-order valence-corrected chi connectivity index (χ4v) is 2.50. The molecule has 0 fully saturated rings. The predicted octanol–water partition coefficient (Wildman–Crippen LogP) is 4.02. The molecule has 2 aromatic carbocycles. The lowest BCUT2D eigenvalue weighted by Gasteiger charge is -2.22. The molecule has 1 amide bonds. The van der Waals surface area contributed by atoms with Crippen LogP contribution in [0.5, 0.6) is 5.75 Å². The molecule has 0 saturated carbocycles. The Morgan fingerprint density at radius 3 is 2.74 bits per heavy atom. The van der Waals surface area contributed by atoms with Crippen LogP contribution in [-0.2, 0) is 4.79 Å². The van der Waals surface area contributed by atoms with Crippen LogP contribution in [-0.4, -0.2) is 23.2 Å². The van der Waals surface area contributed by atoms with Gasteiger partial charge in [-0.15, -0.1) is 0 Å². The second kappa shape index (κ2) is 7.51. The van der Waals surface area contributed by atoms with Crippen LogP contribution in [0.2, 0.25) is 5.02 Å². The molecule has 4 nitrogen and oxygen atoms in total. The lowest BCUT2D eigenvalue weighted by Crippen LogP contribution is -2.45. The average molecular weight is 446 g/mol. The largest absolute Gasteiger partial charge is 0.490 e. The highest BCUT2D eigenvalue weighted by Gasteiger charge is 2.31. The summed E-state index contributed by atoms with van der Waals surface area (Å²) in [5.74, 6) is -0.0272. The molecular weight excluding hydrogens is 429 g/mol. The summed E-state index contributed by atoms with van der Waals surface area (Å²) < 4.78 is 6.48. The van der Waals surface area contributed by atoms with Gasteiger partial charge in [0.05, 0.1) is 0 Å². The SMILES string of the molecule is Cc1ccc(OC[C@](C)(O)C(=O)Nc2cccc(I)c2)cc1Cl. The molecule has 1 atom stereocenters. The number of hydrogen-bond acceptors (Lipinski definition) is 3. The van der Waals surface area contributed by atoms with Gasteiger partial charge in [-0.25, -0.2) is 0 Å². The molecule has 0 aliphatic rings. The highest BCUT2D eigenvalue weighted by atomic mass is 127. The molecule has 0 aromatic heterocycles. The number of carbonyl (C=O) groups is 1. The number of aryl methyl sites for hydroxylation is 1. The van der Waals surface area contributed by atoms with Gasteiger partial charge in [0, 0.05) is 14.3 Å². The molecule has 0 aliphatic carbocycles. The molecule has 23 heavy (non-hydrogen) atoms. The van der Waals surface area contributed by atoms with E-state index in [1.807, 2.05) is 31.2 Å². The molecule has 2 rings (SSSR count). The predicted molar refractivity (Wildman–Crippen MR) is 100 cm³/mol. The summed E-state index contributed by atoms with van der Waals surface area (Å²) in [4.78, 5) is 12.2. The maximum absolute atomic E-state index is 12.2. The van der Waals surface area contributed by atoms with Gasteiger partial charge in [-0.2, -0.15) is 0 Å². The lowest BCUT2D eigenvalue weighted by atomic mass is 10.1. The first-order chi connectivity index (χ1) is 10.8. The first-order valence-electron chi connectivity index (χ1n) is 6.96. The lowest BCUT2D eigenvalue weighted by molar-refractivity contribution is -0.135. The number of rotatable bonds is 5. The Morgan fingerprint density at radius 1 is 1.35 bits per heavy atom. The van der Waals surface area contributed by atoms with Gasteiger partial charge in [0.25, 0.3) is 5.91 Å². The standard InChI is InChI=1S/C17H17ClINO3/c1-11-6-7-14(9-15(11)18)23-10-17(2,22)16(21)20-13-5-3-4-12(19)8-13/h3-9,22H,10H2,1-2H3,(H,20,21)/t17-/m0/s1. The molecule has 0 radical (unpaired) electrons. The number of hydrogen-bond donors (Lipinski definition) is 2. The Balaban J connectivity index is 1.99. The van der Waals surface area contributed by atoms with Crippen LogP contribution in [0.25, 0.3) is 0 Å². The van der Waals surface area contributed by atoms with Gasteiger partial charge in [-0.3, -0.25) is 4.79 Å². The minimum absolute atomic E-state index is 0.178. The zero-order valence-electron chi connectivity index (χ0n) is 12.8. The molecule has 0 spiro atoms. The summed E-state index contributed by atoms with van der Waals surface area (Å²) in [5.41, 5.74) is -0.110. The number of halogens is 2. The molecule has 0 heterocycles. The van der Waals surface area contributed by atoms with Crippen LogP contribution in [0.15, 0.2) is 42.5 Å². The Hall–Kier alpha value is -1.31. The van der Waals surface area contributed by atoms with Crippen LogP contribution < -0.4 is 10.1 Å². The molecule has 0 unspecified atom stereocenters. The van der Waals surface area contributed by atoms with Gasteiger partial charge >= 0.3 is 0 Å². The molecule has 2 N–H and O–H groups in total. The summed E-state index contributed by atoms with van der Waals surface area (Å²) in [6.07, 6.45) is 0. The zero-order chi connectivity index (χ0) is 17.0. The van der Waals surface area contributed by atoms with Crippen molar-refractivity contribution in [3.63, 3.8) is 0 Å². The van der Waals surface area contributed by atoms with E-state index in [9.17, 15) is 9.90 Å². The summed E-state index contributed by atoms with van der Waals surface area (Å²) in [7, 11) is 0. The second-order valence-corrected chi connectivity index (χ2v) is 7.09. The van der Waals surface area contributed by atoms with E-state index in [4.69, 9.17) is 16.3 Å². The quantitative estimate of drug-likeness (QED) is 0.684. The highest BCUT2D eigenvalue weighted by Crippen LogP contribution is 2.23. The first-order valence-corrected chi connectivity index (χ1v) is 8.42. The number of benzene rings is 2. The van der Waals surface area contributed by atoms with E-state index in [1.54, 1.807) is 18.2 Å². The number of anilines is 1. The fourth-order valence-electron chi connectivity index (χ4n) is 1.78. The highest BCUT2D eigenvalue weighted by molar-refractivity contribution is 14.1. The number of aliphatic hydroxyl groups is 1. The van der Waals surface area contributed by atoms with Crippen molar-refractivity contribution in [1.82, 2.24) is 0 Å². The molecule has 6 heteroatoms. The van der Waals surface area contributed by atoms with E-state index in [0.29, 0.717) is 16.5 Å². The van der Waals surface area contributed by atoms with Crippen LogP contribution in [0, 0.1) is 10.5 Å². The molecule has 0 saturated heterocycles. The number of amides is 1. The Morgan fingerprint density at radius 2 is 2.09 bits per heavy atom. The minimum Gasteiger partial charge on any atom is -0.490 e. The van der Waals surface area contributed by atoms with Gasteiger partial charge in [0.2, 0.25) is 0 Å². The Kier molecular flexibility index (Phi) is 5.89. The minimum atomic E-state index is -1.67. The van der Waals surface area contributed by atoms with Gasteiger partial charge < -0.3 is 15.2 Å². The second-order valence-electron chi connectivity index (χ2n) is 5.44. The van der Waals surface area contributed by atoms with Gasteiger partial charge in [-0.05, 0) is 72.3 Å². The maximum Gasteiger partial charge on any atom is 0.259 e. The van der Waals surface area contributed by atoms with Gasteiger partial charge in [0.1, 0.15) is 12.4 Å². The summed E-state index contributed by atoms with van der Waals surface area (Å²) >= 11 is 8.18. The third-order valence-corrected chi connectivity index (χ3v) is 4.31. The van der Waals surface area contributed by atoms with Crippen molar-refractivity contribution in [2.24, 2.45) is 0 Å². The monoisotopic (exact) mass is 445 g/mol. The third-order valence-electron chi connectivity index (χ3n) is 3.23. The van der Waals surface area contributed by atoms with E-state index in [1.165, 1.54) is 6.92 Å². The van der Waals surface area contributed by atoms with E-state index in [2.05, 4.69) is 27.9 Å². The number of ether oxygens (including phenoxy) is 1. The van der Waals surface area contributed by atoms with Crippen LogP contribution in [0.1, 0.15) is 12.5 Å². The van der Waals surface area contributed by atoms with Crippen molar-refractivity contribution in [2.75, 3.05) is 11.9 Å². The Labute approximate surface area is 153 Å². The van der Waals surface area contributed by atoms with Crippen molar-refractivity contribution in [3.05, 3.63) is 56.6 Å². The normalized spacial score (nSPS) is 13.3. The van der Waals surface area contributed by atoms with E-state index in [0.717, 1.165) is 9.13 Å². The maximum atomic E-state index is 12.2. The van der Waals surface area contributed by atoms with Crippen molar-refractivity contribution in [1.29, 1.82) is 0 Å². The Bertz CT molecular complexity index is 719. The van der Waals surface area contributed by atoms with E-state index in [-0.39, 0.29) is 6.61 Å². The van der Waals surface area contributed by atoms with E-state index < -0.39 is 11.5 Å². The fraction of sp³-hybridized carbons (Fsp3) is 0.235. The number of nitrogens with one attached hydrogen (secondary N) is 1. The molecule has 0 bridgehead atoms. The number of carbonyl (C=O) groups excluding carboxylic acids is 1. The smallest absolute Gasteiger partial charge is 0.259 e. The van der Waals surface area contributed by atoms with Gasteiger partial charge in [-0.1, -0.05) is 23.7 Å². The molecule has 122 valence electrons. The average Bonchev–Trinajstić information content (AvgIpc) is 2.48. The van der Waals surface area contributed by atoms with Crippen molar-refractivity contribution in [2.45, 2.75) is 19.4 Å². The van der Waals surface area contributed by atoms with Crippen molar-refractivity contribution < 1.29 is 14.6 Å². The van der Waals surface area contributed by atoms with Gasteiger partial charge in [0.15, 0.2) is 5.60 Å². The van der Waals surface area contributed by atoms with Crippen molar-refractivity contribution in [3.8, 4) is 5.75 Å². The first kappa shape index (κ1) is 18.0. The molecule has 2 aromatic rings. The summed E-state index contributed by atoms with van der Waals surface area (Å²) in [6, 6.07) is 12.5. The van der Waals surface area contributed by atoms with Crippen molar-refractivity contribution >= 4 is 45.8 Å². The molecular formula is C17H17ClINO3. The van der Waals surface area contributed by atoms with Crippen LogP contribution >= 0.6 is 34.2 Å². The summed E-state index contributed by atoms with van der Waals surface area (Å²) in [6.45, 7) is 3.12. The van der Waals surface area contributed by atoms with Crippen LogP contribution in [0.4, 0.5) is 5.69 Å². The van der Waals surface area contributed by atoms with Crippen LogP contribution in [0.3, 0.4) is 0 Å². The topological polar surface area (TPSA) is 58.6 Å². The summed E-state index contributed by atoms with van der Waals surface area (Å²) in [5, 5.41) is 13.6. The zero-order valence-corrected chi connectivity index (χ0v) is 15.7. The van der Waals surface area contributed by atoms with E-state index >= 15 is 0 Å². The molecule has 0 aliphatic heterocycles. The third kappa shape index (κ3) is 5.09.